The second kappa shape index (κ2) is 2.82. The van der Waals surface area contributed by atoms with Gasteiger partial charge in [-0.3, -0.25) is 0 Å². The highest BCUT2D eigenvalue weighted by molar-refractivity contribution is 9.11. The van der Waals surface area contributed by atoms with Gasteiger partial charge in [0, 0.05) is 10.9 Å². The highest BCUT2D eigenvalue weighted by atomic mass is 79.9. The van der Waals surface area contributed by atoms with Crippen molar-refractivity contribution in [1.29, 1.82) is 0 Å². The number of thiophene rings is 1. The normalized spacial score (nSPS) is 13.7. The van der Waals surface area contributed by atoms with Crippen LogP contribution in [0.5, 0.6) is 0 Å². The lowest BCUT2D eigenvalue weighted by atomic mass is 10.3. The molecule has 0 fully saturated rings. The summed E-state index contributed by atoms with van der Waals surface area (Å²) in [5.41, 5.74) is 5.62. The van der Waals surface area contributed by atoms with Crippen LogP contribution in [0.1, 0.15) is 17.8 Å². The van der Waals surface area contributed by atoms with Crippen LogP contribution in [0.3, 0.4) is 0 Å². The summed E-state index contributed by atoms with van der Waals surface area (Å²) in [4.78, 5) is 1.22. The second-order valence-corrected chi connectivity index (χ2v) is 4.43. The van der Waals surface area contributed by atoms with Gasteiger partial charge in [0.1, 0.15) is 0 Å². The Morgan fingerprint density at radius 2 is 2.33 bits per heavy atom. The summed E-state index contributed by atoms with van der Waals surface area (Å²) in [6.07, 6.45) is 0. The van der Waals surface area contributed by atoms with E-state index in [1.165, 1.54) is 4.88 Å². The third-order valence-corrected chi connectivity index (χ3v) is 2.87. The van der Waals surface area contributed by atoms with Crippen molar-refractivity contribution in [2.24, 2.45) is 5.73 Å². The van der Waals surface area contributed by atoms with Gasteiger partial charge in [0.25, 0.3) is 0 Å². The van der Waals surface area contributed by atoms with Gasteiger partial charge in [-0.15, -0.1) is 11.3 Å². The molecule has 0 saturated heterocycles. The van der Waals surface area contributed by atoms with Crippen molar-refractivity contribution >= 4 is 27.3 Å². The van der Waals surface area contributed by atoms with E-state index in [-0.39, 0.29) is 6.04 Å². The first-order chi connectivity index (χ1) is 4.20. The summed E-state index contributed by atoms with van der Waals surface area (Å²) >= 11 is 5.05. The Kier molecular flexibility index (Phi) is 2.27. The monoisotopic (exact) mass is 205 g/mol. The molecule has 0 aliphatic carbocycles. The molecule has 0 spiro atoms. The molecule has 3 heteroatoms. The minimum atomic E-state index is 0.168. The molecule has 9 heavy (non-hydrogen) atoms. The molecule has 0 amide bonds. The zero-order chi connectivity index (χ0) is 6.85. The molecule has 1 atom stereocenters. The molecule has 1 heterocycles. The molecule has 50 valence electrons. The molecule has 0 aromatic carbocycles. The number of hydrogen-bond donors (Lipinski definition) is 1. The van der Waals surface area contributed by atoms with Gasteiger partial charge in [-0.05, 0) is 35.0 Å². The summed E-state index contributed by atoms with van der Waals surface area (Å²) in [7, 11) is 0. The number of halogens is 1. The van der Waals surface area contributed by atoms with Crippen LogP contribution in [0, 0.1) is 0 Å². The van der Waals surface area contributed by atoms with Crippen LogP contribution in [0.15, 0.2) is 15.9 Å². The molecule has 0 aliphatic heterocycles. The molecular formula is C6H8BrNS. The molecule has 1 rings (SSSR count). The average Bonchev–Trinajstić information content (AvgIpc) is 2.14. The van der Waals surface area contributed by atoms with Crippen molar-refractivity contribution in [1.82, 2.24) is 0 Å². The molecule has 0 unspecified atom stereocenters. The zero-order valence-corrected chi connectivity index (χ0v) is 7.50. The quantitative estimate of drug-likeness (QED) is 0.750. The number of rotatable bonds is 1. The maximum atomic E-state index is 5.62. The average molecular weight is 206 g/mol. The molecule has 0 saturated carbocycles. The van der Waals surface area contributed by atoms with Crippen molar-refractivity contribution in [3.8, 4) is 0 Å². The van der Waals surface area contributed by atoms with Crippen molar-refractivity contribution in [2.45, 2.75) is 13.0 Å². The van der Waals surface area contributed by atoms with Gasteiger partial charge < -0.3 is 5.73 Å². The minimum Gasteiger partial charge on any atom is -0.324 e. The Hall–Kier alpha value is 0.140. The molecule has 0 radical (unpaired) electrons. The molecule has 1 aromatic heterocycles. The molecular weight excluding hydrogens is 198 g/mol. The van der Waals surface area contributed by atoms with Crippen LogP contribution in [-0.4, -0.2) is 0 Å². The van der Waals surface area contributed by atoms with Crippen LogP contribution in [0.2, 0.25) is 0 Å². The highest BCUT2D eigenvalue weighted by Gasteiger charge is 2.00. The summed E-state index contributed by atoms with van der Waals surface area (Å²) in [6.45, 7) is 1.98. The van der Waals surface area contributed by atoms with Gasteiger partial charge in [0.15, 0.2) is 0 Å². The molecule has 2 N–H and O–H groups in total. The van der Waals surface area contributed by atoms with E-state index in [4.69, 9.17) is 5.73 Å². The standard InChI is InChI=1S/C6H8BrNS/c1-4(8)5-2-3-6(7)9-5/h2-4H,8H2,1H3/t4-/m0/s1. The third kappa shape index (κ3) is 1.78. The minimum absolute atomic E-state index is 0.168. The zero-order valence-electron chi connectivity index (χ0n) is 5.10. The van der Waals surface area contributed by atoms with E-state index in [0.717, 1.165) is 3.79 Å². The third-order valence-electron chi connectivity index (χ3n) is 1.04. The maximum absolute atomic E-state index is 5.62. The van der Waals surface area contributed by atoms with Crippen LogP contribution < -0.4 is 5.73 Å². The lowest BCUT2D eigenvalue weighted by molar-refractivity contribution is 0.838. The van der Waals surface area contributed by atoms with E-state index in [0.29, 0.717) is 0 Å². The van der Waals surface area contributed by atoms with Gasteiger partial charge in [-0.25, -0.2) is 0 Å². The fourth-order valence-corrected chi connectivity index (χ4v) is 1.95. The molecule has 0 bridgehead atoms. The van der Waals surface area contributed by atoms with Gasteiger partial charge in [-0.2, -0.15) is 0 Å². The van der Waals surface area contributed by atoms with Crippen LogP contribution in [0.25, 0.3) is 0 Å². The van der Waals surface area contributed by atoms with E-state index in [1.54, 1.807) is 11.3 Å². The maximum Gasteiger partial charge on any atom is 0.0701 e. The Bertz CT molecular complexity index is 195. The first kappa shape index (κ1) is 7.25. The Morgan fingerprint density at radius 3 is 2.56 bits per heavy atom. The van der Waals surface area contributed by atoms with E-state index in [9.17, 15) is 0 Å². The summed E-state index contributed by atoms with van der Waals surface area (Å²) < 4.78 is 1.15. The smallest absolute Gasteiger partial charge is 0.0701 e. The summed E-state index contributed by atoms with van der Waals surface area (Å²) in [5, 5.41) is 0. The Labute approximate surface area is 67.0 Å². The van der Waals surface area contributed by atoms with Crippen LogP contribution in [0.4, 0.5) is 0 Å². The first-order valence-electron chi connectivity index (χ1n) is 2.71. The van der Waals surface area contributed by atoms with Crippen molar-refractivity contribution in [2.75, 3.05) is 0 Å². The van der Waals surface area contributed by atoms with Crippen molar-refractivity contribution in [3.05, 3.63) is 20.8 Å². The Morgan fingerprint density at radius 1 is 1.67 bits per heavy atom. The summed E-state index contributed by atoms with van der Waals surface area (Å²) in [5.74, 6) is 0. The van der Waals surface area contributed by atoms with Crippen LogP contribution >= 0.6 is 27.3 Å². The number of hydrogen-bond acceptors (Lipinski definition) is 2. The predicted molar refractivity (Wildman–Crippen MR) is 44.6 cm³/mol. The van der Waals surface area contributed by atoms with Gasteiger partial charge in [0.2, 0.25) is 0 Å². The molecule has 1 nitrogen and oxygen atoms in total. The second-order valence-electron chi connectivity index (χ2n) is 1.93. The van der Waals surface area contributed by atoms with E-state index < -0.39 is 0 Å². The fourth-order valence-electron chi connectivity index (χ4n) is 0.573. The fraction of sp³-hybridized carbons (Fsp3) is 0.333. The number of nitrogens with two attached hydrogens (primary N) is 1. The van der Waals surface area contributed by atoms with Crippen molar-refractivity contribution < 1.29 is 0 Å². The van der Waals surface area contributed by atoms with E-state index >= 15 is 0 Å². The molecule has 1 aromatic rings. The lowest BCUT2D eigenvalue weighted by Gasteiger charge is -1.96. The Balaban J connectivity index is 2.85. The van der Waals surface area contributed by atoms with Crippen molar-refractivity contribution in [3.63, 3.8) is 0 Å². The first-order valence-corrected chi connectivity index (χ1v) is 4.32. The summed E-state index contributed by atoms with van der Waals surface area (Å²) in [6, 6.07) is 4.23. The molecule has 0 aliphatic rings. The predicted octanol–water partition coefficient (Wildman–Crippen LogP) is 2.53. The van der Waals surface area contributed by atoms with Gasteiger partial charge >= 0.3 is 0 Å². The largest absolute Gasteiger partial charge is 0.324 e. The van der Waals surface area contributed by atoms with Gasteiger partial charge in [0.05, 0.1) is 3.79 Å². The van der Waals surface area contributed by atoms with Gasteiger partial charge in [-0.1, -0.05) is 0 Å². The highest BCUT2D eigenvalue weighted by Crippen LogP contribution is 2.25. The van der Waals surface area contributed by atoms with E-state index in [2.05, 4.69) is 15.9 Å². The van der Waals surface area contributed by atoms with E-state index in [1.807, 2.05) is 19.1 Å². The SMILES string of the molecule is C[C@H](N)c1ccc(Br)s1. The topological polar surface area (TPSA) is 26.0 Å². The lowest BCUT2D eigenvalue weighted by Crippen LogP contribution is -2.01. The van der Waals surface area contributed by atoms with Crippen LogP contribution in [-0.2, 0) is 0 Å².